The van der Waals surface area contributed by atoms with Gasteiger partial charge in [-0.25, -0.2) is 4.79 Å². The van der Waals surface area contributed by atoms with E-state index in [1.807, 2.05) is 0 Å². The van der Waals surface area contributed by atoms with Gasteiger partial charge in [-0.1, -0.05) is 6.07 Å². The number of nitro benzene ring substituents is 1. The molecule has 0 aliphatic heterocycles. The Labute approximate surface area is 102 Å². The molecule has 0 unspecified atom stereocenters. The second kappa shape index (κ2) is 4.33. The molecule has 0 saturated carbocycles. The lowest BCUT2D eigenvalue weighted by atomic mass is 10.0. The van der Waals surface area contributed by atoms with Crippen LogP contribution < -0.4 is 4.74 Å². The maximum Gasteiger partial charge on any atom is 0.335 e. The van der Waals surface area contributed by atoms with E-state index < -0.39 is 10.9 Å². The van der Waals surface area contributed by atoms with Gasteiger partial charge in [-0.3, -0.25) is 10.1 Å². The van der Waals surface area contributed by atoms with Crippen molar-refractivity contribution in [1.29, 1.82) is 0 Å². The first kappa shape index (κ1) is 11.8. The highest BCUT2D eigenvalue weighted by molar-refractivity contribution is 5.99. The number of methoxy groups -OCH3 is 1. The largest absolute Gasteiger partial charge is 0.490 e. The molecule has 0 aromatic heterocycles. The second-order valence-corrected chi connectivity index (χ2v) is 3.61. The summed E-state index contributed by atoms with van der Waals surface area (Å²) in [4.78, 5) is 21.3. The molecule has 2 rings (SSSR count). The quantitative estimate of drug-likeness (QED) is 0.664. The van der Waals surface area contributed by atoms with Crippen LogP contribution in [0, 0.1) is 10.1 Å². The molecule has 6 heteroatoms. The topological polar surface area (TPSA) is 89.7 Å². The van der Waals surface area contributed by atoms with Crippen molar-refractivity contribution < 1.29 is 19.6 Å². The van der Waals surface area contributed by atoms with E-state index in [9.17, 15) is 14.9 Å². The van der Waals surface area contributed by atoms with Crippen molar-refractivity contribution in [2.45, 2.75) is 0 Å². The normalized spacial score (nSPS) is 10.3. The Morgan fingerprint density at radius 3 is 2.61 bits per heavy atom. The summed E-state index contributed by atoms with van der Waals surface area (Å²) in [6.07, 6.45) is 0. The summed E-state index contributed by atoms with van der Waals surface area (Å²) in [7, 11) is 1.35. The molecule has 0 amide bonds. The van der Waals surface area contributed by atoms with E-state index >= 15 is 0 Å². The number of hydrogen-bond donors (Lipinski definition) is 1. The minimum Gasteiger partial charge on any atom is -0.490 e. The lowest BCUT2D eigenvalue weighted by Crippen LogP contribution is -1.98. The van der Waals surface area contributed by atoms with E-state index in [0.717, 1.165) is 0 Å². The van der Waals surface area contributed by atoms with Crippen LogP contribution in [0.5, 0.6) is 5.75 Å². The predicted molar refractivity (Wildman–Crippen MR) is 64.1 cm³/mol. The number of nitro groups is 1. The van der Waals surface area contributed by atoms with Crippen LogP contribution >= 0.6 is 0 Å². The van der Waals surface area contributed by atoms with Crippen molar-refractivity contribution in [3.05, 3.63) is 46.0 Å². The van der Waals surface area contributed by atoms with Crippen LogP contribution in [-0.4, -0.2) is 23.1 Å². The highest BCUT2D eigenvalue weighted by Crippen LogP contribution is 2.35. The number of hydrogen-bond acceptors (Lipinski definition) is 4. The summed E-state index contributed by atoms with van der Waals surface area (Å²) in [5.74, 6) is -0.925. The van der Waals surface area contributed by atoms with Gasteiger partial charge in [0.05, 0.1) is 23.0 Å². The van der Waals surface area contributed by atoms with Crippen LogP contribution in [0.15, 0.2) is 30.3 Å². The third-order valence-electron chi connectivity index (χ3n) is 2.60. The smallest absolute Gasteiger partial charge is 0.335 e. The summed E-state index contributed by atoms with van der Waals surface area (Å²) < 4.78 is 4.93. The van der Waals surface area contributed by atoms with E-state index in [1.165, 1.54) is 31.4 Å². The Morgan fingerprint density at radius 2 is 2.06 bits per heavy atom. The highest BCUT2D eigenvalue weighted by Gasteiger charge is 2.19. The second-order valence-electron chi connectivity index (χ2n) is 3.61. The zero-order valence-electron chi connectivity index (χ0n) is 9.41. The summed E-state index contributed by atoms with van der Waals surface area (Å²) in [6.45, 7) is 0. The molecule has 0 heterocycles. The third-order valence-corrected chi connectivity index (χ3v) is 2.60. The molecule has 1 N–H and O–H groups in total. The maximum atomic E-state index is 11.0. The van der Waals surface area contributed by atoms with Crippen LogP contribution in [0.1, 0.15) is 10.4 Å². The van der Waals surface area contributed by atoms with Gasteiger partial charge >= 0.3 is 11.7 Å². The van der Waals surface area contributed by atoms with Crippen LogP contribution in [0.2, 0.25) is 0 Å². The van der Waals surface area contributed by atoms with Gasteiger partial charge < -0.3 is 9.84 Å². The third kappa shape index (κ3) is 1.84. The minimum absolute atomic E-state index is 0.0852. The predicted octanol–water partition coefficient (Wildman–Crippen LogP) is 2.45. The fourth-order valence-electron chi connectivity index (χ4n) is 1.78. The van der Waals surface area contributed by atoms with Crippen LogP contribution in [0.3, 0.4) is 0 Å². The molecular weight excluding hydrogens is 238 g/mol. The summed E-state index contributed by atoms with van der Waals surface area (Å²) >= 11 is 0. The van der Waals surface area contributed by atoms with Gasteiger partial charge in [0.25, 0.3) is 0 Å². The lowest BCUT2D eigenvalue weighted by Gasteiger charge is -2.05. The first-order valence-electron chi connectivity index (χ1n) is 5.03. The Hall–Kier alpha value is -2.63. The van der Waals surface area contributed by atoms with E-state index in [1.54, 1.807) is 6.07 Å². The number of nitrogens with zero attached hydrogens (tertiary/aromatic N) is 1. The Morgan fingerprint density at radius 1 is 1.33 bits per heavy atom. The van der Waals surface area contributed by atoms with Crippen molar-refractivity contribution in [1.82, 2.24) is 0 Å². The van der Waals surface area contributed by atoms with Crippen LogP contribution in [0.25, 0.3) is 10.8 Å². The zero-order valence-corrected chi connectivity index (χ0v) is 9.41. The van der Waals surface area contributed by atoms with Gasteiger partial charge in [0, 0.05) is 0 Å². The molecule has 0 saturated heterocycles. The van der Waals surface area contributed by atoms with Crippen molar-refractivity contribution in [2.24, 2.45) is 0 Å². The number of fused-ring (bicyclic) bond motifs is 1. The van der Waals surface area contributed by atoms with Gasteiger partial charge in [0.15, 0.2) is 5.75 Å². The molecule has 18 heavy (non-hydrogen) atoms. The van der Waals surface area contributed by atoms with Gasteiger partial charge in [0.2, 0.25) is 0 Å². The molecule has 0 atom stereocenters. The number of carbonyl (C=O) groups is 1. The molecule has 0 spiro atoms. The van der Waals surface area contributed by atoms with Gasteiger partial charge in [-0.05, 0) is 29.7 Å². The maximum absolute atomic E-state index is 11.0. The van der Waals surface area contributed by atoms with E-state index in [0.29, 0.717) is 10.8 Å². The van der Waals surface area contributed by atoms with Crippen molar-refractivity contribution in [3.63, 3.8) is 0 Å². The zero-order chi connectivity index (χ0) is 13.3. The summed E-state index contributed by atoms with van der Waals surface area (Å²) in [5.41, 5.74) is -0.0751. The monoisotopic (exact) mass is 247 g/mol. The molecule has 0 bridgehead atoms. The number of carboxylic acids is 1. The molecule has 2 aromatic rings. The number of carboxylic acid groups (broad SMARTS) is 1. The first-order chi connectivity index (χ1) is 8.54. The van der Waals surface area contributed by atoms with Crippen molar-refractivity contribution in [3.8, 4) is 5.75 Å². The molecule has 0 aliphatic rings. The number of ether oxygens (including phenoxy) is 1. The fourth-order valence-corrected chi connectivity index (χ4v) is 1.78. The first-order valence-corrected chi connectivity index (χ1v) is 5.03. The Balaban J connectivity index is 2.78. The standard InChI is InChI=1S/C12H9NO5/c1-18-10-5-3-7-6-8(12(14)15)2-4-9(7)11(10)13(16)17/h2-6H,1H3,(H,14,15). The molecular formula is C12H9NO5. The van der Waals surface area contributed by atoms with E-state index in [4.69, 9.17) is 9.84 Å². The van der Waals surface area contributed by atoms with E-state index in [2.05, 4.69) is 0 Å². The Bertz CT molecular complexity index is 650. The number of rotatable bonds is 3. The number of aromatic carboxylic acids is 1. The van der Waals surface area contributed by atoms with Crippen LogP contribution in [-0.2, 0) is 0 Å². The van der Waals surface area contributed by atoms with Gasteiger partial charge in [-0.2, -0.15) is 0 Å². The highest BCUT2D eigenvalue weighted by atomic mass is 16.6. The molecule has 0 fully saturated rings. The number of benzene rings is 2. The van der Waals surface area contributed by atoms with Crippen molar-refractivity contribution >= 4 is 22.4 Å². The molecule has 2 aromatic carbocycles. The summed E-state index contributed by atoms with van der Waals surface area (Å²) in [6, 6.07) is 7.18. The summed E-state index contributed by atoms with van der Waals surface area (Å²) in [5, 5.41) is 20.7. The SMILES string of the molecule is COc1ccc2cc(C(=O)O)ccc2c1[N+](=O)[O-]. The molecule has 6 nitrogen and oxygen atoms in total. The average molecular weight is 247 g/mol. The minimum atomic E-state index is -1.07. The Kier molecular flexibility index (Phi) is 2.85. The molecule has 92 valence electrons. The van der Waals surface area contributed by atoms with E-state index in [-0.39, 0.29) is 17.0 Å². The van der Waals surface area contributed by atoms with Gasteiger partial charge in [0.1, 0.15) is 0 Å². The fraction of sp³-hybridized carbons (Fsp3) is 0.0833. The van der Waals surface area contributed by atoms with Crippen molar-refractivity contribution in [2.75, 3.05) is 7.11 Å². The average Bonchev–Trinajstić information content (AvgIpc) is 2.36. The molecule has 0 radical (unpaired) electrons. The lowest BCUT2D eigenvalue weighted by molar-refractivity contribution is -0.383. The van der Waals surface area contributed by atoms with Crippen LogP contribution in [0.4, 0.5) is 5.69 Å². The van der Waals surface area contributed by atoms with Gasteiger partial charge in [-0.15, -0.1) is 0 Å². The molecule has 0 aliphatic carbocycles.